The number of carbonyl (C=O) groups is 3. The lowest BCUT2D eigenvalue weighted by Crippen LogP contribution is -2.31. The molecule has 0 aliphatic rings. The molecule has 1 unspecified atom stereocenters. The Hall–Kier alpha value is -4.46. The molecule has 3 amide bonds. The van der Waals surface area contributed by atoms with Crippen LogP contribution in [-0.2, 0) is 16.6 Å². The van der Waals surface area contributed by atoms with Crippen LogP contribution in [0.1, 0.15) is 41.6 Å². The molecule has 172 valence electrons. The first kappa shape index (κ1) is 22.7. The molecule has 1 heterocycles. The first-order valence-electron chi connectivity index (χ1n) is 10.8. The number of hydrogen-bond acceptors (Lipinski definition) is 4. The van der Waals surface area contributed by atoms with E-state index in [2.05, 4.69) is 16.0 Å². The van der Waals surface area contributed by atoms with E-state index in [9.17, 15) is 14.4 Å². The molecule has 0 radical (unpaired) electrons. The standard InChI is InChI=1S/C26H25N5O3/c1-16(32)27-20-13-19(14-21(15-20)28-17(2)33)26(34)30-24(18-9-5-4-6-10-18)25-29-22-11-7-8-12-23(22)31(25)3/h4-15,24H,1-3H3,(H,27,32)(H,28,33)(H,30,34). The van der Waals surface area contributed by atoms with E-state index in [1.54, 1.807) is 18.2 Å². The number of carbonyl (C=O) groups excluding carboxylic acids is 3. The maximum absolute atomic E-state index is 13.4. The number of aryl methyl sites for hydroxylation is 1. The van der Waals surface area contributed by atoms with Crippen molar-refractivity contribution in [2.24, 2.45) is 7.05 Å². The zero-order valence-electron chi connectivity index (χ0n) is 19.1. The van der Waals surface area contributed by atoms with Crippen molar-refractivity contribution in [2.45, 2.75) is 19.9 Å². The highest BCUT2D eigenvalue weighted by Crippen LogP contribution is 2.26. The normalized spacial score (nSPS) is 11.6. The van der Waals surface area contributed by atoms with E-state index in [0.717, 1.165) is 16.6 Å². The van der Waals surface area contributed by atoms with Gasteiger partial charge in [0.1, 0.15) is 11.9 Å². The van der Waals surface area contributed by atoms with Crippen LogP contribution in [0.25, 0.3) is 11.0 Å². The zero-order valence-corrected chi connectivity index (χ0v) is 19.1. The van der Waals surface area contributed by atoms with Gasteiger partial charge in [-0.05, 0) is 35.9 Å². The second-order valence-electron chi connectivity index (χ2n) is 8.00. The van der Waals surface area contributed by atoms with Crippen LogP contribution in [-0.4, -0.2) is 27.3 Å². The van der Waals surface area contributed by atoms with Gasteiger partial charge in [0.25, 0.3) is 5.91 Å². The number of hydrogen-bond donors (Lipinski definition) is 3. The van der Waals surface area contributed by atoms with E-state index in [-0.39, 0.29) is 23.3 Å². The summed E-state index contributed by atoms with van der Waals surface area (Å²) < 4.78 is 1.96. The SMILES string of the molecule is CC(=O)Nc1cc(NC(C)=O)cc(C(=O)NC(c2ccccc2)c2nc3ccccc3n2C)c1. The predicted molar refractivity (Wildman–Crippen MR) is 132 cm³/mol. The fourth-order valence-electron chi connectivity index (χ4n) is 3.89. The van der Waals surface area contributed by atoms with Crippen molar-refractivity contribution in [1.29, 1.82) is 0 Å². The van der Waals surface area contributed by atoms with Gasteiger partial charge in [0.05, 0.1) is 11.0 Å². The van der Waals surface area contributed by atoms with Crippen LogP contribution in [0.2, 0.25) is 0 Å². The van der Waals surface area contributed by atoms with Crippen LogP contribution >= 0.6 is 0 Å². The minimum atomic E-state index is -0.528. The molecular formula is C26H25N5O3. The number of para-hydroxylation sites is 2. The van der Waals surface area contributed by atoms with Crippen molar-refractivity contribution in [3.8, 4) is 0 Å². The maximum atomic E-state index is 13.4. The molecule has 34 heavy (non-hydrogen) atoms. The molecule has 0 saturated heterocycles. The van der Waals surface area contributed by atoms with Gasteiger partial charge in [0.15, 0.2) is 0 Å². The lowest BCUT2D eigenvalue weighted by Gasteiger charge is -2.20. The topological polar surface area (TPSA) is 105 Å². The minimum Gasteiger partial charge on any atom is -0.338 e. The van der Waals surface area contributed by atoms with E-state index >= 15 is 0 Å². The second kappa shape index (κ2) is 9.58. The van der Waals surface area contributed by atoms with Gasteiger partial charge in [-0.1, -0.05) is 42.5 Å². The van der Waals surface area contributed by atoms with Gasteiger partial charge in [0.2, 0.25) is 11.8 Å². The fraction of sp³-hybridized carbons (Fsp3) is 0.154. The first-order valence-corrected chi connectivity index (χ1v) is 10.8. The largest absolute Gasteiger partial charge is 0.338 e. The molecule has 0 aliphatic carbocycles. The van der Waals surface area contributed by atoms with Gasteiger partial charge in [-0.2, -0.15) is 0 Å². The molecular weight excluding hydrogens is 430 g/mol. The number of imidazole rings is 1. The molecule has 8 nitrogen and oxygen atoms in total. The number of nitrogens with zero attached hydrogens (tertiary/aromatic N) is 2. The molecule has 0 spiro atoms. The summed E-state index contributed by atoms with van der Waals surface area (Å²) in [5, 5.41) is 8.42. The third-order valence-corrected chi connectivity index (χ3v) is 5.32. The molecule has 1 atom stereocenters. The number of nitrogens with one attached hydrogen (secondary N) is 3. The van der Waals surface area contributed by atoms with E-state index < -0.39 is 6.04 Å². The average Bonchev–Trinajstić information content (AvgIpc) is 3.13. The van der Waals surface area contributed by atoms with Crippen molar-refractivity contribution in [3.05, 3.63) is 89.7 Å². The molecule has 1 aromatic heterocycles. The number of aromatic nitrogens is 2. The number of rotatable bonds is 6. The fourth-order valence-corrected chi connectivity index (χ4v) is 3.89. The number of anilines is 2. The minimum absolute atomic E-state index is 0.284. The lowest BCUT2D eigenvalue weighted by molar-refractivity contribution is -0.115. The highest BCUT2D eigenvalue weighted by molar-refractivity contribution is 6.00. The number of amides is 3. The summed E-state index contributed by atoms with van der Waals surface area (Å²) >= 11 is 0. The van der Waals surface area contributed by atoms with Gasteiger partial charge in [-0.15, -0.1) is 0 Å². The van der Waals surface area contributed by atoms with E-state index in [0.29, 0.717) is 17.2 Å². The Morgan fingerprint density at radius 2 is 1.41 bits per heavy atom. The molecule has 8 heteroatoms. The maximum Gasteiger partial charge on any atom is 0.252 e. The van der Waals surface area contributed by atoms with E-state index in [1.165, 1.54) is 13.8 Å². The summed E-state index contributed by atoms with van der Waals surface area (Å²) in [4.78, 5) is 41.4. The van der Waals surface area contributed by atoms with Crippen LogP contribution in [0.3, 0.4) is 0 Å². The molecule has 4 rings (SSSR count). The molecule has 4 aromatic rings. The van der Waals surface area contributed by atoms with Gasteiger partial charge in [-0.25, -0.2) is 4.98 Å². The lowest BCUT2D eigenvalue weighted by atomic mass is 10.0. The van der Waals surface area contributed by atoms with Gasteiger partial charge >= 0.3 is 0 Å². The first-order chi connectivity index (χ1) is 16.3. The molecule has 0 saturated carbocycles. The number of fused-ring (bicyclic) bond motifs is 1. The van der Waals surface area contributed by atoms with E-state index in [4.69, 9.17) is 4.98 Å². The Morgan fingerprint density at radius 1 is 0.824 bits per heavy atom. The third kappa shape index (κ3) is 4.96. The van der Waals surface area contributed by atoms with Gasteiger partial charge in [-0.3, -0.25) is 14.4 Å². The quantitative estimate of drug-likeness (QED) is 0.409. The van der Waals surface area contributed by atoms with Crippen LogP contribution in [0, 0.1) is 0 Å². The van der Waals surface area contributed by atoms with E-state index in [1.807, 2.05) is 66.2 Å². The summed E-state index contributed by atoms with van der Waals surface area (Å²) in [5.41, 5.74) is 3.75. The summed E-state index contributed by atoms with van der Waals surface area (Å²) in [6.45, 7) is 2.75. The van der Waals surface area contributed by atoms with Crippen molar-refractivity contribution in [3.63, 3.8) is 0 Å². The van der Waals surface area contributed by atoms with Crippen LogP contribution in [0.5, 0.6) is 0 Å². The Morgan fingerprint density at radius 3 is 2.00 bits per heavy atom. The summed E-state index contributed by atoms with van der Waals surface area (Å²) in [7, 11) is 1.92. The average molecular weight is 456 g/mol. The highest BCUT2D eigenvalue weighted by Gasteiger charge is 2.23. The monoisotopic (exact) mass is 455 g/mol. The molecule has 0 aliphatic heterocycles. The molecule has 3 N–H and O–H groups in total. The zero-order chi connectivity index (χ0) is 24.2. The predicted octanol–water partition coefficient (Wildman–Crippen LogP) is 4.01. The van der Waals surface area contributed by atoms with Crippen molar-refractivity contribution >= 4 is 40.1 Å². The number of benzene rings is 3. The Bertz CT molecular complexity index is 1340. The van der Waals surface area contributed by atoms with Crippen molar-refractivity contribution < 1.29 is 14.4 Å². The smallest absolute Gasteiger partial charge is 0.252 e. The van der Waals surface area contributed by atoms with Crippen molar-refractivity contribution in [1.82, 2.24) is 14.9 Å². The molecule has 0 bridgehead atoms. The van der Waals surface area contributed by atoms with Gasteiger partial charge in [0, 0.05) is 37.8 Å². The molecule has 0 fully saturated rings. The van der Waals surface area contributed by atoms with Crippen LogP contribution < -0.4 is 16.0 Å². The summed E-state index contributed by atoms with van der Waals surface area (Å²) in [6, 6.07) is 21.6. The summed E-state index contributed by atoms with van der Waals surface area (Å²) in [5.74, 6) is -0.262. The Labute approximate surface area is 197 Å². The third-order valence-electron chi connectivity index (χ3n) is 5.32. The summed E-state index contributed by atoms with van der Waals surface area (Å²) in [6.07, 6.45) is 0. The van der Waals surface area contributed by atoms with Crippen LogP contribution in [0.4, 0.5) is 11.4 Å². The van der Waals surface area contributed by atoms with Crippen LogP contribution in [0.15, 0.2) is 72.8 Å². The second-order valence-corrected chi connectivity index (χ2v) is 8.00. The highest BCUT2D eigenvalue weighted by atomic mass is 16.2. The molecule has 3 aromatic carbocycles. The van der Waals surface area contributed by atoms with Gasteiger partial charge < -0.3 is 20.5 Å². The Balaban J connectivity index is 1.75. The van der Waals surface area contributed by atoms with Crippen molar-refractivity contribution in [2.75, 3.05) is 10.6 Å². The Kier molecular flexibility index (Phi) is 6.40.